The van der Waals surface area contributed by atoms with Crippen LogP contribution >= 0.6 is 0 Å². The summed E-state index contributed by atoms with van der Waals surface area (Å²) in [7, 11) is 0. The molecule has 0 unspecified atom stereocenters. The fourth-order valence-electron chi connectivity index (χ4n) is 2.75. The average molecular weight is 302 g/mol. The van der Waals surface area contributed by atoms with E-state index in [1.807, 2.05) is 13.0 Å². The van der Waals surface area contributed by atoms with Gasteiger partial charge in [-0.1, -0.05) is 6.92 Å². The molecule has 116 valence electrons. The summed E-state index contributed by atoms with van der Waals surface area (Å²) in [6, 6.07) is 5.33. The first-order valence-corrected chi connectivity index (χ1v) is 7.56. The van der Waals surface area contributed by atoms with Crippen LogP contribution < -0.4 is 10.4 Å². The van der Waals surface area contributed by atoms with E-state index in [4.69, 9.17) is 13.9 Å². The van der Waals surface area contributed by atoms with Gasteiger partial charge in [0.2, 0.25) is 0 Å². The van der Waals surface area contributed by atoms with Crippen molar-refractivity contribution in [1.82, 2.24) is 0 Å². The molecule has 0 saturated heterocycles. The summed E-state index contributed by atoms with van der Waals surface area (Å²) in [5, 5.41) is 0.952. The molecule has 3 rings (SSSR count). The monoisotopic (exact) mass is 302 g/mol. The third-order valence-electron chi connectivity index (χ3n) is 3.77. The molecular formula is C17H18O5. The zero-order valence-electron chi connectivity index (χ0n) is 12.5. The molecule has 5 nitrogen and oxygen atoms in total. The number of rotatable bonds is 5. The molecule has 1 aromatic carbocycles. The number of aryl methyl sites for hydroxylation is 1. The molecule has 0 amide bonds. The number of fused-ring (bicyclic) bond motifs is 3. The zero-order chi connectivity index (χ0) is 15.5. The van der Waals surface area contributed by atoms with Crippen molar-refractivity contribution >= 4 is 16.9 Å². The van der Waals surface area contributed by atoms with Crippen LogP contribution in [0.3, 0.4) is 0 Å². The maximum atomic E-state index is 11.9. The Labute approximate surface area is 127 Å². The maximum absolute atomic E-state index is 11.9. The first-order chi connectivity index (χ1) is 10.7. The van der Waals surface area contributed by atoms with Gasteiger partial charge in [-0.3, -0.25) is 0 Å². The molecule has 0 saturated carbocycles. The van der Waals surface area contributed by atoms with E-state index in [2.05, 4.69) is 0 Å². The predicted octanol–water partition coefficient (Wildman–Crippen LogP) is 2.61. The maximum Gasteiger partial charge on any atom is 0.344 e. The summed E-state index contributed by atoms with van der Waals surface area (Å²) >= 11 is 0. The molecule has 0 spiro atoms. The van der Waals surface area contributed by atoms with Gasteiger partial charge in [0.15, 0.2) is 6.61 Å². The van der Waals surface area contributed by atoms with Crippen molar-refractivity contribution in [2.75, 3.05) is 13.2 Å². The Morgan fingerprint density at radius 1 is 1.27 bits per heavy atom. The molecule has 1 aromatic heterocycles. The molecule has 0 bridgehead atoms. The van der Waals surface area contributed by atoms with Crippen molar-refractivity contribution < 1.29 is 18.7 Å². The summed E-state index contributed by atoms with van der Waals surface area (Å²) < 4.78 is 15.7. The lowest BCUT2D eigenvalue weighted by atomic mass is 10.1. The lowest BCUT2D eigenvalue weighted by molar-refractivity contribution is -0.146. The van der Waals surface area contributed by atoms with Crippen molar-refractivity contribution in [1.29, 1.82) is 0 Å². The summed E-state index contributed by atoms with van der Waals surface area (Å²) in [4.78, 5) is 23.4. The highest BCUT2D eigenvalue weighted by Gasteiger charge is 2.19. The van der Waals surface area contributed by atoms with Gasteiger partial charge in [-0.2, -0.15) is 0 Å². The molecule has 0 radical (unpaired) electrons. The van der Waals surface area contributed by atoms with Gasteiger partial charge in [0.1, 0.15) is 11.3 Å². The lowest BCUT2D eigenvalue weighted by Gasteiger charge is -2.08. The smallest absolute Gasteiger partial charge is 0.344 e. The average Bonchev–Trinajstić information content (AvgIpc) is 3.01. The van der Waals surface area contributed by atoms with E-state index >= 15 is 0 Å². The highest BCUT2D eigenvalue weighted by Crippen LogP contribution is 2.29. The highest BCUT2D eigenvalue weighted by atomic mass is 16.6. The van der Waals surface area contributed by atoms with Gasteiger partial charge >= 0.3 is 11.6 Å². The first kappa shape index (κ1) is 14.6. The number of esters is 1. The Morgan fingerprint density at radius 2 is 2.09 bits per heavy atom. The molecule has 0 fully saturated rings. The molecule has 0 atom stereocenters. The Balaban J connectivity index is 1.80. The molecule has 2 aromatic rings. The summed E-state index contributed by atoms with van der Waals surface area (Å²) in [6.45, 7) is 2.17. The van der Waals surface area contributed by atoms with Crippen molar-refractivity contribution in [3.05, 3.63) is 39.7 Å². The largest absolute Gasteiger partial charge is 0.482 e. The second kappa shape index (κ2) is 6.22. The van der Waals surface area contributed by atoms with Crippen molar-refractivity contribution in [3.63, 3.8) is 0 Å². The van der Waals surface area contributed by atoms with Crippen LogP contribution in [-0.2, 0) is 22.4 Å². The minimum Gasteiger partial charge on any atom is -0.482 e. The molecule has 0 N–H and O–H groups in total. The quantitative estimate of drug-likeness (QED) is 0.627. The minimum atomic E-state index is -0.405. The van der Waals surface area contributed by atoms with Gasteiger partial charge in [0, 0.05) is 17.0 Å². The van der Waals surface area contributed by atoms with Gasteiger partial charge in [-0.25, -0.2) is 9.59 Å². The van der Waals surface area contributed by atoms with Gasteiger partial charge < -0.3 is 13.9 Å². The Kier molecular flexibility index (Phi) is 4.13. The Morgan fingerprint density at radius 3 is 2.91 bits per heavy atom. The van der Waals surface area contributed by atoms with Crippen molar-refractivity contribution in [2.24, 2.45) is 0 Å². The van der Waals surface area contributed by atoms with E-state index in [0.717, 1.165) is 42.2 Å². The van der Waals surface area contributed by atoms with Gasteiger partial charge in [0.05, 0.1) is 6.61 Å². The van der Waals surface area contributed by atoms with E-state index in [0.29, 0.717) is 17.9 Å². The molecule has 1 aliphatic rings. The summed E-state index contributed by atoms with van der Waals surface area (Å²) in [5.41, 5.74) is 2.12. The van der Waals surface area contributed by atoms with E-state index in [-0.39, 0.29) is 12.2 Å². The lowest BCUT2D eigenvalue weighted by Crippen LogP contribution is -2.15. The third kappa shape index (κ3) is 2.84. The van der Waals surface area contributed by atoms with Crippen LogP contribution in [0.2, 0.25) is 0 Å². The van der Waals surface area contributed by atoms with E-state index < -0.39 is 5.97 Å². The fraction of sp³-hybridized carbons (Fsp3) is 0.412. The van der Waals surface area contributed by atoms with Crippen LogP contribution in [0.5, 0.6) is 5.75 Å². The standard InChI is InChI=1S/C17H18O5/c1-2-8-20-16(18)10-21-11-6-7-13-12-4-3-5-14(12)17(19)22-15(13)9-11/h6-7,9H,2-5,8,10H2,1H3. The van der Waals surface area contributed by atoms with Crippen molar-refractivity contribution in [3.8, 4) is 5.75 Å². The van der Waals surface area contributed by atoms with Crippen LogP contribution in [0.4, 0.5) is 0 Å². The molecule has 0 aliphatic heterocycles. The van der Waals surface area contributed by atoms with E-state index in [1.165, 1.54) is 0 Å². The number of ether oxygens (including phenoxy) is 2. The minimum absolute atomic E-state index is 0.152. The predicted molar refractivity (Wildman–Crippen MR) is 81.3 cm³/mol. The molecular weight excluding hydrogens is 284 g/mol. The summed E-state index contributed by atoms with van der Waals surface area (Å²) in [5.74, 6) is 0.0828. The van der Waals surface area contributed by atoms with Crippen LogP contribution in [0, 0.1) is 0 Å². The molecule has 5 heteroatoms. The number of hydrogen-bond acceptors (Lipinski definition) is 5. The Hall–Kier alpha value is -2.30. The van der Waals surface area contributed by atoms with Crippen LogP contribution in [0.1, 0.15) is 30.9 Å². The number of carbonyl (C=O) groups is 1. The normalized spacial score (nSPS) is 13.1. The fourth-order valence-corrected chi connectivity index (χ4v) is 2.75. The zero-order valence-corrected chi connectivity index (χ0v) is 12.5. The topological polar surface area (TPSA) is 65.7 Å². The van der Waals surface area contributed by atoms with E-state index in [9.17, 15) is 9.59 Å². The molecule has 1 heterocycles. The number of hydrogen-bond donors (Lipinski definition) is 0. The summed E-state index contributed by atoms with van der Waals surface area (Å²) in [6.07, 6.45) is 3.45. The SMILES string of the molecule is CCCOC(=O)COc1ccc2c3c(c(=O)oc2c1)CCC3. The van der Waals surface area contributed by atoms with Crippen LogP contribution in [-0.4, -0.2) is 19.2 Å². The van der Waals surface area contributed by atoms with Gasteiger partial charge in [0.25, 0.3) is 0 Å². The van der Waals surface area contributed by atoms with E-state index in [1.54, 1.807) is 12.1 Å². The van der Waals surface area contributed by atoms with Crippen molar-refractivity contribution in [2.45, 2.75) is 32.6 Å². The molecule has 22 heavy (non-hydrogen) atoms. The second-order valence-electron chi connectivity index (χ2n) is 5.37. The highest BCUT2D eigenvalue weighted by molar-refractivity contribution is 5.83. The molecule has 1 aliphatic carbocycles. The van der Waals surface area contributed by atoms with Crippen LogP contribution in [0.25, 0.3) is 11.0 Å². The van der Waals surface area contributed by atoms with Gasteiger partial charge in [-0.15, -0.1) is 0 Å². The first-order valence-electron chi connectivity index (χ1n) is 7.56. The third-order valence-corrected chi connectivity index (χ3v) is 3.77. The van der Waals surface area contributed by atoms with Crippen LogP contribution in [0.15, 0.2) is 27.4 Å². The Bertz CT molecular complexity index is 759. The number of benzene rings is 1. The second-order valence-corrected chi connectivity index (χ2v) is 5.37. The van der Waals surface area contributed by atoms with Gasteiger partial charge in [-0.05, 0) is 43.4 Å². The number of carbonyl (C=O) groups excluding carboxylic acids is 1.